The predicted molar refractivity (Wildman–Crippen MR) is 60.7 cm³/mol. The number of fused-ring (bicyclic) bond motifs is 1. The van der Waals surface area contributed by atoms with E-state index in [0.29, 0.717) is 11.6 Å². The van der Waals surface area contributed by atoms with E-state index in [2.05, 4.69) is 23.9 Å². The van der Waals surface area contributed by atoms with Gasteiger partial charge < -0.3 is 5.11 Å². The molecule has 0 radical (unpaired) electrons. The number of nitrogens with zero attached hydrogens (tertiary/aromatic N) is 3. The second kappa shape index (κ2) is 4.21. The van der Waals surface area contributed by atoms with Gasteiger partial charge in [-0.1, -0.05) is 25.2 Å². The van der Waals surface area contributed by atoms with Crippen molar-refractivity contribution in [3.63, 3.8) is 0 Å². The average Bonchev–Trinajstić information content (AvgIpc) is 2.58. The molecule has 0 atom stereocenters. The van der Waals surface area contributed by atoms with Crippen molar-refractivity contribution < 1.29 is 9.90 Å². The van der Waals surface area contributed by atoms with Crippen LogP contribution in [0.15, 0.2) is 6.20 Å². The summed E-state index contributed by atoms with van der Waals surface area (Å²) in [5, 5.41) is 14.0. The molecule has 0 spiro atoms. The third-order valence-corrected chi connectivity index (χ3v) is 2.99. The van der Waals surface area contributed by atoms with E-state index in [9.17, 15) is 4.79 Å². The van der Waals surface area contributed by atoms with Crippen LogP contribution in [-0.2, 0) is 17.6 Å². The average molecular weight is 239 g/mol. The fourth-order valence-electron chi connectivity index (χ4n) is 1.46. The summed E-state index contributed by atoms with van der Waals surface area (Å²) in [4.78, 5) is 15.5. The number of aliphatic carboxylic acids is 1. The lowest BCUT2D eigenvalue weighted by Gasteiger charge is -1.97. The van der Waals surface area contributed by atoms with Crippen LogP contribution in [-0.4, -0.2) is 25.7 Å². The van der Waals surface area contributed by atoms with Gasteiger partial charge in [-0.3, -0.25) is 4.79 Å². The fraction of sp³-hybridized carbons (Fsp3) is 0.500. The first kappa shape index (κ1) is 11.1. The topological polar surface area (TPSA) is 67.5 Å². The van der Waals surface area contributed by atoms with Gasteiger partial charge in [-0.2, -0.15) is 5.10 Å². The maximum Gasteiger partial charge on any atom is 0.309 e. The Bertz CT molecular complexity index is 484. The maximum atomic E-state index is 10.5. The summed E-state index contributed by atoms with van der Waals surface area (Å²) < 4.78 is 1.67. The van der Waals surface area contributed by atoms with Crippen LogP contribution in [0.4, 0.5) is 0 Å². The molecule has 0 unspecified atom stereocenters. The van der Waals surface area contributed by atoms with Gasteiger partial charge in [-0.25, -0.2) is 9.50 Å². The molecule has 16 heavy (non-hydrogen) atoms. The second-order valence-corrected chi connectivity index (χ2v) is 5.16. The normalized spacial score (nSPS) is 11.4. The number of hydrogen-bond donors (Lipinski definition) is 1. The highest BCUT2D eigenvalue weighted by molar-refractivity contribution is 7.16. The minimum Gasteiger partial charge on any atom is -0.481 e. The van der Waals surface area contributed by atoms with Crippen molar-refractivity contribution in [3.05, 3.63) is 16.9 Å². The van der Waals surface area contributed by atoms with E-state index < -0.39 is 5.97 Å². The molecule has 0 fully saturated rings. The van der Waals surface area contributed by atoms with Crippen LogP contribution in [0.2, 0.25) is 0 Å². The third kappa shape index (κ3) is 2.38. The summed E-state index contributed by atoms with van der Waals surface area (Å²) in [5.74, 6) is -0.303. The molecule has 0 saturated carbocycles. The van der Waals surface area contributed by atoms with Crippen LogP contribution in [0, 0.1) is 5.92 Å². The molecule has 0 aliphatic carbocycles. The SMILES string of the molecule is CC(C)Cc1nn2cc(CC(=O)O)nc2s1. The van der Waals surface area contributed by atoms with Crippen molar-refractivity contribution >= 4 is 22.3 Å². The van der Waals surface area contributed by atoms with Gasteiger partial charge >= 0.3 is 5.97 Å². The lowest BCUT2D eigenvalue weighted by Crippen LogP contribution is -2.00. The Kier molecular flexibility index (Phi) is 2.91. The molecule has 0 aliphatic heterocycles. The van der Waals surface area contributed by atoms with Gasteiger partial charge in [0.25, 0.3) is 0 Å². The maximum absolute atomic E-state index is 10.5. The van der Waals surface area contributed by atoms with Crippen LogP contribution in [0.3, 0.4) is 0 Å². The predicted octanol–water partition coefficient (Wildman–Crippen LogP) is 1.62. The highest BCUT2D eigenvalue weighted by atomic mass is 32.1. The molecule has 6 heteroatoms. The first-order valence-corrected chi connectivity index (χ1v) is 5.92. The molecule has 2 heterocycles. The number of carbonyl (C=O) groups is 1. The van der Waals surface area contributed by atoms with Gasteiger partial charge in [0.15, 0.2) is 0 Å². The lowest BCUT2D eigenvalue weighted by molar-refractivity contribution is -0.136. The Morgan fingerprint density at radius 1 is 1.62 bits per heavy atom. The zero-order chi connectivity index (χ0) is 11.7. The van der Waals surface area contributed by atoms with Crippen LogP contribution < -0.4 is 0 Å². The van der Waals surface area contributed by atoms with Gasteiger partial charge in [0.05, 0.1) is 18.3 Å². The molecule has 0 amide bonds. The summed E-state index contributed by atoms with van der Waals surface area (Å²) in [7, 11) is 0. The zero-order valence-electron chi connectivity index (χ0n) is 9.17. The van der Waals surface area contributed by atoms with Gasteiger partial charge in [-0.15, -0.1) is 0 Å². The van der Waals surface area contributed by atoms with E-state index in [1.807, 2.05) is 0 Å². The monoisotopic (exact) mass is 239 g/mol. The third-order valence-electron chi connectivity index (χ3n) is 2.05. The van der Waals surface area contributed by atoms with Crippen LogP contribution in [0.25, 0.3) is 4.96 Å². The summed E-state index contributed by atoms with van der Waals surface area (Å²) in [6, 6.07) is 0. The number of hydrogen-bond acceptors (Lipinski definition) is 4. The van der Waals surface area contributed by atoms with E-state index in [-0.39, 0.29) is 6.42 Å². The molecule has 0 saturated heterocycles. The minimum atomic E-state index is -0.867. The summed E-state index contributed by atoms with van der Waals surface area (Å²) in [6.07, 6.45) is 2.57. The van der Waals surface area contributed by atoms with Gasteiger partial charge in [-0.05, 0) is 5.92 Å². The summed E-state index contributed by atoms with van der Waals surface area (Å²) in [6.45, 7) is 4.28. The molecule has 86 valence electrons. The largest absolute Gasteiger partial charge is 0.481 e. The Morgan fingerprint density at radius 3 is 2.94 bits per heavy atom. The van der Waals surface area contributed by atoms with Crippen molar-refractivity contribution in [2.24, 2.45) is 5.92 Å². The number of rotatable bonds is 4. The molecule has 2 rings (SSSR count). The molecule has 2 aromatic rings. The van der Waals surface area contributed by atoms with Crippen molar-refractivity contribution in [2.75, 3.05) is 0 Å². The Morgan fingerprint density at radius 2 is 2.38 bits per heavy atom. The smallest absolute Gasteiger partial charge is 0.309 e. The minimum absolute atomic E-state index is 0.0460. The number of imidazole rings is 1. The van der Waals surface area contributed by atoms with E-state index in [1.54, 1.807) is 10.7 Å². The van der Waals surface area contributed by atoms with E-state index in [0.717, 1.165) is 16.4 Å². The van der Waals surface area contributed by atoms with Crippen LogP contribution in [0.1, 0.15) is 24.5 Å². The summed E-state index contributed by atoms with van der Waals surface area (Å²) >= 11 is 1.52. The Labute approximate surface area is 96.7 Å². The van der Waals surface area contributed by atoms with E-state index in [4.69, 9.17) is 5.11 Å². The zero-order valence-corrected chi connectivity index (χ0v) is 9.99. The molecule has 1 N–H and O–H groups in total. The molecule has 5 nitrogen and oxygen atoms in total. The number of carboxylic acids is 1. The van der Waals surface area contributed by atoms with Gasteiger partial charge in [0, 0.05) is 6.42 Å². The first-order chi connectivity index (χ1) is 7.54. The van der Waals surface area contributed by atoms with Crippen molar-refractivity contribution in [1.82, 2.24) is 14.6 Å². The lowest BCUT2D eigenvalue weighted by atomic mass is 10.1. The number of aromatic nitrogens is 3. The van der Waals surface area contributed by atoms with Crippen LogP contribution in [0.5, 0.6) is 0 Å². The van der Waals surface area contributed by atoms with Gasteiger partial charge in [0.1, 0.15) is 5.01 Å². The Hall–Kier alpha value is -1.43. The number of carboxylic acid groups (broad SMARTS) is 1. The van der Waals surface area contributed by atoms with Gasteiger partial charge in [0.2, 0.25) is 4.96 Å². The van der Waals surface area contributed by atoms with Crippen LogP contribution >= 0.6 is 11.3 Å². The quantitative estimate of drug-likeness (QED) is 0.880. The second-order valence-electron chi connectivity index (χ2n) is 4.12. The van der Waals surface area contributed by atoms with Crippen molar-refractivity contribution in [1.29, 1.82) is 0 Å². The molecule has 2 aromatic heterocycles. The highest BCUT2D eigenvalue weighted by Gasteiger charge is 2.11. The first-order valence-electron chi connectivity index (χ1n) is 5.10. The fourth-order valence-corrected chi connectivity index (χ4v) is 2.56. The standard InChI is InChI=1S/C10H13N3O2S/c1-6(2)3-8-12-13-5-7(4-9(14)15)11-10(13)16-8/h5-6H,3-4H2,1-2H3,(H,14,15). The molecule has 0 bridgehead atoms. The van der Waals surface area contributed by atoms with Crippen molar-refractivity contribution in [3.8, 4) is 0 Å². The molecule has 0 aliphatic rings. The molecule has 0 aromatic carbocycles. The van der Waals surface area contributed by atoms with Crippen molar-refractivity contribution in [2.45, 2.75) is 26.7 Å². The Balaban J connectivity index is 2.22. The molecular formula is C10H13N3O2S. The molecular weight excluding hydrogens is 226 g/mol. The van der Waals surface area contributed by atoms with E-state index in [1.165, 1.54) is 11.3 Å². The summed E-state index contributed by atoms with van der Waals surface area (Å²) in [5.41, 5.74) is 0.558. The highest BCUT2D eigenvalue weighted by Crippen LogP contribution is 2.17. The van der Waals surface area contributed by atoms with E-state index >= 15 is 0 Å².